The quantitative estimate of drug-likeness (QED) is 0.283. The molecule has 31 heavy (non-hydrogen) atoms. The zero-order valence-corrected chi connectivity index (χ0v) is 16.0. The molecule has 0 aliphatic carbocycles. The standard InChI is InChI=1S/C20H22O11/c21-7-13-16(25)17(26)18(27)20(31-13)30-12-4-2-10(22)6-9(12)5-8-1-3-11(23)14(15(8)24)19(28)29/h1-4,6,13,16-18,20-27H,5,7H2,(H,28,29). The van der Waals surface area contributed by atoms with Crippen molar-refractivity contribution in [2.45, 2.75) is 37.1 Å². The fourth-order valence-electron chi connectivity index (χ4n) is 3.29. The molecular weight excluding hydrogens is 416 g/mol. The van der Waals surface area contributed by atoms with Gasteiger partial charge in [-0.25, -0.2) is 4.79 Å². The summed E-state index contributed by atoms with van der Waals surface area (Å²) in [5, 5.41) is 78.2. The highest BCUT2D eigenvalue weighted by atomic mass is 16.7. The van der Waals surface area contributed by atoms with Gasteiger partial charge in [0.2, 0.25) is 6.29 Å². The number of hydrogen-bond donors (Lipinski definition) is 8. The molecular formula is C20H22O11. The maximum atomic E-state index is 11.3. The highest BCUT2D eigenvalue weighted by Crippen LogP contribution is 2.35. The van der Waals surface area contributed by atoms with Crippen molar-refractivity contribution in [3.05, 3.63) is 47.0 Å². The summed E-state index contributed by atoms with van der Waals surface area (Å²) in [7, 11) is 0. The second kappa shape index (κ2) is 8.96. The van der Waals surface area contributed by atoms with E-state index in [0.29, 0.717) is 0 Å². The van der Waals surface area contributed by atoms with Gasteiger partial charge < -0.3 is 50.3 Å². The smallest absolute Gasteiger partial charge is 0.343 e. The topological polar surface area (TPSA) is 197 Å². The van der Waals surface area contributed by atoms with Crippen LogP contribution in [0.2, 0.25) is 0 Å². The normalized spacial score (nSPS) is 25.9. The number of aromatic hydroxyl groups is 3. The minimum absolute atomic E-state index is 0.0477. The zero-order chi connectivity index (χ0) is 22.9. The third kappa shape index (κ3) is 4.50. The second-order valence-electron chi connectivity index (χ2n) is 7.06. The Hall–Kier alpha value is -3.09. The highest BCUT2D eigenvalue weighted by Gasteiger charge is 2.44. The van der Waals surface area contributed by atoms with E-state index in [2.05, 4.69) is 0 Å². The molecule has 0 bridgehead atoms. The Morgan fingerprint density at radius 2 is 1.68 bits per heavy atom. The van der Waals surface area contributed by atoms with Gasteiger partial charge in [0.15, 0.2) is 0 Å². The Balaban J connectivity index is 1.92. The fourth-order valence-corrected chi connectivity index (χ4v) is 3.29. The number of hydrogen-bond acceptors (Lipinski definition) is 10. The van der Waals surface area contributed by atoms with Crippen molar-refractivity contribution in [2.75, 3.05) is 6.61 Å². The second-order valence-corrected chi connectivity index (χ2v) is 7.06. The van der Waals surface area contributed by atoms with Gasteiger partial charge >= 0.3 is 5.97 Å². The minimum atomic E-state index is -1.67. The van der Waals surface area contributed by atoms with Crippen LogP contribution in [0, 0.1) is 0 Å². The van der Waals surface area contributed by atoms with Crippen LogP contribution < -0.4 is 4.74 Å². The van der Waals surface area contributed by atoms with Gasteiger partial charge in [-0.05, 0) is 29.8 Å². The van der Waals surface area contributed by atoms with Crippen molar-refractivity contribution in [2.24, 2.45) is 0 Å². The number of aromatic carboxylic acids is 1. The van der Waals surface area contributed by atoms with E-state index in [9.17, 15) is 45.6 Å². The van der Waals surface area contributed by atoms with E-state index in [1.807, 2.05) is 0 Å². The number of phenols is 3. The number of benzene rings is 2. The van der Waals surface area contributed by atoms with E-state index in [0.717, 1.165) is 6.07 Å². The Labute approximate surface area is 175 Å². The number of carboxylic acids is 1. The van der Waals surface area contributed by atoms with E-state index in [1.54, 1.807) is 0 Å². The van der Waals surface area contributed by atoms with Crippen LogP contribution in [-0.4, -0.2) is 84.1 Å². The summed E-state index contributed by atoms with van der Waals surface area (Å²) >= 11 is 0. The highest BCUT2D eigenvalue weighted by molar-refractivity contribution is 5.94. The molecule has 1 saturated heterocycles. The molecule has 1 aliphatic heterocycles. The molecule has 8 N–H and O–H groups in total. The number of phenolic OH excluding ortho intramolecular Hbond substituents is 1. The summed E-state index contributed by atoms with van der Waals surface area (Å²) in [4.78, 5) is 11.3. The number of aliphatic hydroxyl groups is 4. The molecule has 1 heterocycles. The van der Waals surface area contributed by atoms with Gasteiger partial charge in [-0.1, -0.05) is 6.07 Å². The minimum Gasteiger partial charge on any atom is -0.508 e. The molecule has 3 rings (SSSR count). The molecule has 0 radical (unpaired) electrons. The van der Waals surface area contributed by atoms with Crippen molar-refractivity contribution in [3.63, 3.8) is 0 Å². The van der Waals surface area contributed by atoms with Gasteiger partial charge in [-0.15, -0.1) is 0 Å². The lowest BCUT2D eigenvalue weighted by Crippen LogP contribution is -2.60. The number of ether oxygens (including phenoxy) is 2. The molecule has 0 amide bonds. The average Bonchev–Trinajstić information content (AvgIpc) is 2.72. The van der Waals surface area contributed by atoms with Crippen LogP contribution in [0.3, 0.4) is 0 Å². The van der Waals surface area contributed by atoms with Crippen molar-refractivity contribution in [1.29, 1.82) is 0 Å². The first-order valence-corrected chi connectivity index (χ1v) is 9.20. The van der Waals surface area contributed by atoms with Crippen LogP contribution in [0.25, 0.3) is 0 Å². The number of carboxylic acid groups (broad SMARTS) is 1. The summed E-state index contributed by atoms with van der Waals surface area (Å²) in [5.41, 5.74) is -0.345. The molecule has 0 aromatic heterocycles. The van der Waals surface area contributed by atoms with E-state index in [4.69, 9.17) is 9.47 Å². The summed E-state index contributed by atoms with van der Waals surface area (Å²) in [5.74, 6) is -2.96. The predicted octanol–water partition coefficient (Wildman–Crippen LogP) is -0.729. The van der Waals surface area contributed by atoms with Crippen molar-refractivity contribution >= 4 is 5.97 Å². The lowest BCUT2D eigenvalue weighted by molar-refractivity contribution is -0.277. The monoisotopic (exact) mass is 438 g/mol. The first-order valence-electron chi connectivity index (χ1n) is 9.20. The maximum Gasteiger partial charge on any atom is 0.343 e. The van der Waals surface area contributed by atoms with E-state index in [1.165, 1.54) is 24.3 Å². The van der Waals surface area contributed by atoms with Gasteiger partial charge in [-0.3, -0.25) is 0 Å². The van der Waals surface area contributed by atoms with Gasteiger partial charge in [-0.2, -0.15) is 0 Å². The molecule has 11 nitrogen and oxygen atoms in total. The fraction of sp³-hybridized carbons (Fsp3) is 0.350. The van der Waals surface area contributed by atoms with Crippen LogP contribution >= 0.6 is 0 Å². The summed E-state index contributed by atoms with van der Waals surface area (Å²) in [6.45, 7) is -0.646. The molecule has 2 aromatic rings. The van der Waals surface area contributed by atoms with Crippen LogP contribution in [-0.2, 0) is 11.2 Å². The molecule has 5 atom stereocenters. The lowest BCUT2D eigenvalue weighted by Gasteiger charge is -2.39. The first-order chi connectivity index (χ1) is 14.6. The van der Waals surface area contributed by atoms with Gasteiger partial charge in [0.25, 0.3) is 0 Å². The van der Waals surface area contributed by atoms with Crippen LogP contribution in [0.1, 0.15) is 21.5 Å². The van der Waals surface area contributed by atoms with Gasteiger partial charge in [0, 0.05) is 12.0 Å². The van der Waals surface area contributed by atoms with Gasteiger partial charge in [0.05, 0.1) is 6.61 Å². The Morgan fingerprint density at radius 1 is 0.968 bits per heavy atom. The molecule has 0 saturated carbocycles. The Morgan fingerprint density at radius 3 is 2.32 bits per heavy atom. The molecule has 5 unspecified atom stereocenters. The lowest BCUT2D eigenvalue weighted by atomic mass is 9.98. The third-order valence-corrected chi connectivity index (χ3v) is 4.97. The largest absolute Gasteiger partial charge is 0.508 e. The van der Waals surface area contributed by atoms with Crippen LogP contribution in [0.5, 0.6) is 23.0 Å². The molecule has 0 spiro atoms. The number of rotatable bonds is 6. The van der Waals surface area contributed by atoms with E-state index < -0.39 is 60.3 Å². The SMILES string of the molecule is O=C(O)c1c(O)ccc(Cc2cc(O)ccc2OC2OC(CO)C(O)C(O)C2O)c1O. The molecule has 168 valence electrons. The van der Waals surface area contributed by atoms with Crippen molar-refractivity contribution in [1.82, 2.24) is 0 Å². The van der Waals surface area contributed by atoms with E-state index in [-0.39, 0.29) is 29.0 Å². The van der Waals surface area contributed by atoms with Crippen LogP contribution in [0.4, 0.5) is 0 Å². The Bertz CT molecular complexity index is 958. The Kier molecular flexibility index (Phi) is 6.53. The van der Waals surface area contributed by atoms with Crippen molar-refractivity contribution < 1.29 is 55.1 Å². The summed E-state index contributed by atoms with van der Waals surface area (Å²) in [6.07, 6.45) is -7.71. The molecule has 1 fully saturated rings. The molecule has 2 aromatic carbocycles. The maximum absolute atomic E-state index is 11.3. The summed E-state index contributed by atoms with van der Waals surface area (Å²) in [6, 6.07) is 6.24. The zero-order valence-electron chi connectivity index (χ0n) is 16.0. The average molecular weight is 438 g/mol. The van der Waals surface area contributed by atoms with E-state index >= 15 is 0 Å². The predicted molar refractivity (Wildman–Crippen MR) is 102 cm³/mol. The van der Waals surface area contributed by atoms with Gasteiger partial charge in [0.1, 0.15) is 53.0 Å². The number of carbonyl (C=O) groups is 1. The van der Waals surface area contributed by atoms with Crippen molar-refractivity contribution in [3.8, 4) is 23.0 Å². The first kappa shape index (κ1) is 22.6. The number of aliphatic hydroxyl groups excluding tert-OH is 4. The summed E-state index contributed by atoms with van der Waals surface area (Å²) < 4.78 is 10.9. The third-order valence-electron chi connectivity index (χ3n) is 4.97. The molecule has 11 heteroatoms. The van der Waals surface area contributed by atoms with Crippen LogP contribution in [0.15, 0.2) is 30.3 Å². The molecule has 1 aliphatic rings.